The number of benzene rings is 2. The van der Waals surface area contributed by atoms with Crippen LogP contribution in [0.2, 0.25) is 0 Å². The van der Waals surface area contributed by atoms with E-state index < -0.39 is 29.6 Å². The molecule has 0 N–H and O–H groups in total. The van der Waals surface area contributed by atoms with Crippen LogP contribution in [0.4, 0.5) is 4.39 Å². The maximum atomic E-state index is 13.2. The fraction of sp³-hybridized carbons (Fsp3) is 0.211. The van der Waals surface area contributed by atoms with Gasteiger partial charge in [0.15, 0.2) is 0 Å². The van der Waals surface area contributed by atoms with Gasteiger partial charge in [0.2, 0.25) is 0 Å². The average Bonchev–Trinajstić information content (AvgIpc) is 2.86. The molecule has 2 aromatic rings. The molecule has 25 heavy (non-hydrogen) atoms. The van der Waals surface area contributed by atoms with Crippen LogP contribution in [-0.2, 0) is 9.53 Å². The standard InChI is InChI=1S/C19H16FNO4/c1-2-25-17(22)11-16(12-7-9-13(20)10-8-12)21-18(23)14-5-3-4-6-15(14)19(21)24/h3-10,16H,2,11H2,1H3. The molecule has 0 aliphatic carbocycles. The van der Waals surface area contributed by atoms with Crippen LogP contribution in [0.5, 0.6) is 0 Å². The van der Waals surface area contributed by atoms with E-state index in [0.29, 0.717) is 16.7 Å². The summed E-state index contributed by atoms with van der Waals surface area (Å²) in [6.45, 7) is 1.86. The third kappa shape index (κ3) is 3.15. The van der Waals surface area contributed by atoms with Gasteiger partial charge in [0, 0.05) is 0 Å². The lowest BCUT2D eigenvalue weighted by Gasteiger charge is -2.26. The van der Waals surface area contributed by atoms with Gasteiger partial charge in [0.05, 0.1) is 30.2 Å². The average molecular weight is 341 g/mol. The Balaban J connectivity index is 2.00. The van der Waals surface area contributed by atoms with Gasteiger partial charge in [-0.25, -0.2) is 4.39 Å². The zero-order valence-corrected chi connectivity index (χ0v) is 13.6. The van der Waals surface area contributed by atoms with Crippen molar-refractivity contribution in [3.8, 4) is 0 Å². The Morgan fingerprint density at radius 2 is 1.60 bits per heavy atom. The van der Waals surface area contributed by atoms with Crippen molar-refractivity contribution in [1.82, 2.24) is 4.90 Å². The van der Waals surface area contributed by atoms with E-state index in [4.69, 9.17) is 4.74 Å². The molecule has 0 aromatic heterocycles. The molecule has 0 saturated heterocycles. The predicted octanol–water partition coefficient (Wildman–Crippen LogP) is 3.12. The minimum absolute atomic E-state index is 0.190. The topological polar surface area (TPSA) is 63.7 Å². The summed E-state index contributed by atoms with van der Waals surface area (Å²) >= 11 is 0. The van der Waals surface area contributed by atoms with E-state index in [2.05, 4.69) is 0 Å². The number of carbonyl (C=O) groups is 3. The van der Waals surface area contributed by atoms with Crippen molar-refractivity contribution < 1.29 is 23.5 Å². The third-order valence-electron chi connectivity index (χ3n) is 4.06. The molecule has 6 heteroatoms. The molecule has 1 heterocycles. The predicted molar refractivity (Wildman–Crippen MR) is 87.3 cm³/mol. The van der Waals surface area contributed by atoms with Crippen molar-refractivity contribution in [2.45, 2.75) is 19.4 Å². The number of hydrogen-bond acceptors (Lipinski definition) is 4. The zero-order valence-electron chi connectivity index (χ0n) is 13.6. The lowest BCUT2D eigenvalue weighted by Crippen LogP contribution is -2.35. The quantitative estimate of drug-likeness (QED) is 0.619. The second-order valence-corrected chi connectivity index (χ2v) is 5.60. The van der Waals surface area contributed by atoms with Crippen LogP contribution in [0, 0.1) is 5.82 Å². The number of imide groups is 1. The molecule has 0 radical (unpaired) electrons. The Morgan fingerprint density at radius 3 is 2.12 bits per heavy atom. The third-order valence-corrected chi connectivity index (χ3v) is 4.06. The molecule has 2 amide bonds. The Hall–Kier alpha value is -3.02. The molecule has 0 saturated carbocycles. The summed E-state index contributed by atoms with van der Waals surface area (Å²) in [6.07, 6.45) is -0.190. The summed E-state index contributed by atoms with van der Waals surface area (Å²) < 4.78 is 18.2. The van der Waals surface area contributed by atoms with E-state index in [1.807, 2.05) is 0 Å². The number of rotatable bonds is 5. The Labute approximate surface area is 144 Å². The molecule has 0 spiro atoms. The van der Waals surface area contributed by atoms with Crippen LogP contribution >= 0.6 is 0 Å². The van der Waals surface area contributed by atoms with Gasteiger partial charge in [-0.3, -0.25) is 19.3 Å². The molecule has 1 aliphatic rings. The summed E-state index contributed by atoms with van der Waals surface area (Å²) in [5.74, 6) is -1.92. The highest BCUT2D eigenvalue weighted by Gasteiger charge is 2.41. The number of fused-ring (bicyclic) bond motifs is 1. The number of hydrogen-bond donors (Lipinski definition) is 0. The molecule has 1 unspecified atom stereocenters. The van der Waals surface area contributed by atoms with Crippen LogP contribution in [0.15, 0.2) is 48.5 Å². The fourth-order valence-electron chi connectivity index (χ4n) is 2.91. The first-order valence-corrected chi connectivity index (χ1v) is 7.91. The number of halogens is 1. The minimum Gasteiger partial charge on any atom is -0.466 e. The highest BCUT2D eigenvalue weighted by atomic mass is 19.1. The number of carbonyl (C=O) groups excluding carboxylic acids is 3. The van der Waals surface area contributed by atoms with E-state index >= 15 is 0 Å². The highest BCUT2D eigenvalue weighted by Crippen LogP contribution is 2.33. The smallest absolute Gasteiger partial charge is 0.308 e. The summed E-state index contributed by atoms with van der Waals surface area (Å²) in [6, 6.07) is 11.0. The first-order valence-electron chi connectivity index (χ1n) is 7.91. The van der Waals surface area contributed by atoms with Crippen LogP contribution in [0.1, 0.15) is 45.7 Å². The molecule has 5 nitrogen and oxygen atoms in total. The van der Waals surface area contributed by atoms with Gasteiger partial charge in [-0.05, 0) is 36.8 Å². The van der Waals surface area contributed by atoms with E-state index in [-0.39, 0.29) is 13.0 Å². The Kier molecular flexibility index (Phi) is 4.61. The van der Waals surface area contributed by atoms with E-state index in [9.17, 15) is 18.8 Å². The molecule has 1 atom stereocenters. The normalized spacial score (nSPS) is 14.4. The van der Waals surface area contributed by atoms with Gasteiger partial charge < -0.3 is 4.74 Å². The Bertz CT molecular complexity index is 797. The fourth-order valence-corrected chi connectivity index (χ4v) is 2.91. The first kappa shape index (κ1) is 16.8. The van der Waals surface area contributed by atoms with Crippen molar-refractivity contribution in [2.24, 2.45) is 0 Å². The molecule has 2 aromatic carbocycles. The number of amides is 2. The number of nitrogens with zero attached hydrogens (tertiary/aromatic N) is 1. The van der Waals surface area contributed by atoms with Gasteiger partial charge in [0.1, 0.15) is 5.82 Å². The minimum atomic E-state index is -0.855. The van der Waals surface area contributed by atoms with Crippen molar-refractivity contribution in [3.63, 3.8) is 0 Å². The van der Waals surface area contributed by atoms with Crippen LogP contribution in [-0.4, -0.2) is 29.3 Å². The lowest BCUT2D eigenvalue weighted by molar-refractivity contribution is -0.144. The summed E-state index contributed by atoms with van der Waals surface area (Å²) in [5.41, 5.74) is 1.08. The van der Waals surface area contributed by atoms with Crippen molar-refractivity contribution in [3.05, 3.63) is 71.0 Å². The van der Waals surface area contributed by atoms with E-state index in [0.717, 1.165) is 4.90 Å². The van der Waals surface area contributed by atoms with Gasteiger partial charge in [0.25, 0.3) is 11.8 Å². The van der Waals surface area contributed by atoms with Crippen molar-refractivity contribution in [2.75, 3.05) is 6.61 Å². The van der Waals surface area contributed by atoms with Gasteiger partial charge in [-0.15, -0.1) is 0 Å². The maximum Gasteiger partial charge on any atom is 0.308 e. The monoisotopic (exact) mass is 341 g/mol. The van der Waals surface area contributed by atoms with Gasteiger partial charge in [-0.1, -0.05) is 24.3 Å². The van der Waals surface area contributed by atoms with Crippen LogP contribution in [0.25, 0.3) is 0 Å². The van der Waals surface area contributed by atoms with Crippen molar-refractivity contribution in [1.29, 1.82) is 0 Å². The number of esters is 1. The van der Waals surface area contributed by atoms with Crippen molar-refractivity contribution >= 4 is 17.8 Å². The lowest BCUT2D eigenvalue weighted by atomic mass is 10.0. The molecule has 0 fully saturated rings. The van der Waals surface area contributed by atoms with E-state index in [1.54, 1.807) is 31.2 Å². The second-order valence-electron chi connectivity index (χ2n) is 5.60. The molecule has 0 bridgehead atoms. The molecule has 1 aliphatic heterocycles. The number of ether oxygens (including phenoxy) is 1. The second kappa shape index (κ2) is 6.84. The summed E-state index contributed by atoms with van der Waals surface area (Å²) in [7, 11) is 0. The van der Waals surface area contributed by atoms with Gasteiger partial charge >= 0.3 is 5.97 Å². The maximum absolute atomic E-state index is 13.2. The largest absolute Gasteiger partial charge is 0.466 e. The van der Waals surface area contributed by atoms with Crippen LogP contribution in [0.3, 0.4) is 0 Å². The SMILES string of the molecule is CCOC(=O)CC(c1ccc(F)cc1)N1C(=O)c2ccccc2C1=O. The van der Waals surface area contributed by atoms with Crippen LogP contribution < -0.4 is 0 Å². The molecular weight excluding hydrogens is 325 g/mol. The molecule has 3 rings (SSSR count). The Morgan fingerprint density at radius 1 is 1.04 bits per heavy atom. The molecule has 128 valence electrons. The van der Waals surface area contributed by atoms with Gasteiger partial charge in [-0.2, -0.15) is 0 Å². The highest BCUT2D eigenvalue weighted by molar-refractivity contribution is 6.21. The first-order chi connectivity index (χ1) is 12.0. The summed E-state index contributed by atoms with van der Waals surface area (Å²) in [4.78, 5) is 38.5. The zero-order chi connectivity index (χ0) is 18.0. The summed E-state index contributed by atoms with van der Waals surface area (Å²) in [5, 5.41) is 0. The molecular formula is C19H16FNO4. The van der Waals surface area contributed by atoms with E-state index in [1.165, 1.54) is 24.3 Å².